The molecule has 1 unspecified atom stereocenters. The molecule has 14 heteroatoms. The number of amides is 3. The topological polar surface area (TPSA) is 158 Å². The van der Waals surface area contributed by atoms with Crippen LogP contribution in [0.25, 0.3) is 5.69 Å². The average Bonchev–Trinajstić information content (AvgIpc) is 3.42. The number of ether oxygens (including phenoxy) is 2. The fourth-order valence-electron chi connectivity index (χ4n) is 4.23. The van der Waals surface area contributed by atoms with Gasteiger partial charge in [0.15, 0.2) is 5.69 Å². The predicted octanol–water partition coefficient (Wildman–Crippen LogP) is 6.17. The summed E-state index contributed by atoms with van der Waals surface area (Å²) in [5, 5.41) is 20.0. The van der Waals surface area contributed by atoms with E-state index in [1.54, 1.807) is 63.2 Å². The zero-order chi connectivity index (χ0) is 32.9. The molecule has 0 spiro atoms. The fraction of sp³-hybridized carbons (Fsp3) is 0.226. The number of para-hydroxylation sites is 1. The highest BCUT2D eigenvalue weighted by molar-refractivity contribution is 6.03. The number of aliphatic hydroxyl groups is 1. The highest BCUT2D eigenvalue weighted by Gasteiger charge is 2.36. The Morgan fingerprint density at radius 3 is 2.36 bits per heavy atom. The van der Waals surface area contributed by atoms with Crippen LogP contribution in [0.4, 0.5) is 34.1 Å². The molecule has 1 atom stereocenters. The van der Waals surface area contributed by atoms with Crippen LogP contribution < -0.4 is 16.4 Å². The molecule has 0 bridgehead atoms. The largest absolute Gasteiger partial charge is 0.445 e. The molecule has 5 N–H and O–H groups in total. The van der Waals surface area contributed by atoms with Crippen molar-refractivity contribution >= 4 is 29.5 Å². The normalized spacial score (nSPS) is 12.2. The van der Waals surface area contributed by atoms with E-state index in [4.69, 9.17) is 15.2 Å². The maximum absolute atomic E-state index is 13.6. The summed E-state index contributed by atoms with van der Waals surface area (Å²) in [5.74, 6) is -0.921. The molecule has 1 heterocycles. The number of anilines is 2. The number of nitrogens with two attached hydrogens (primary N) is 1. The first-order valence-electron chi connectivity index (χ1n) is 13.5. The number of halogens is 3. The summed E-state index contributed by atoms with van der Waals surface area (Å²) in [6.07, 6.45) is -7.86. The Bertz CT molecular complexity index is 1710. The first-order chi connectivity index (χ1) is 21.1. The molecule has 0 fully saturated rings. The molecule has 0 radical (unpaired) electrons. The molecule has 0 aliphatic carbocycles. The highest BCUT2D eigenvalue weighted by atomic mass is 19.4. The van der Waals surface area contributed by atoms with Crippen LogP contribution in [0.1, 0.15) is 59.7 Å². The lowest BCUT2D eigenvalue weighted by molar-refractivity contribution is -0.141. The van der Waals surface area contributed by atoms with Crippen LogP contribution in [0.5, 0.6) is 0 Å². The number of hydrogen-bond donors (Lipinski definition) is 4. The minimum Gasteiger partial charge on any atom is -0.445 e. The first kappa shape index (κ1) is 32.5. The minimum atomic E-state index is -4.85. The molecule has 45 heavy (non-hydrogen) atoms. The van der Waals surface area contributed by atoms with Gasteiger partial charge in [0.05, 0.1) is 11.4 Å². The number of carbonyl (C=O) groups is 3. The Hall–Kier alpha value is -5.37. The van der Waals surface area contributed by atoms with Gasteiger partial charge in [0, 0.05) is 17.3 Å². The van der Waals surface area contributed by atoms with E-state index in [0.29, 0.717) is 28.4 Å². The number of nitrogens with one attached hydrogen (secondary N) is 2. The van der Waals surface area contributed by atoms with E-state index in [1.807, 2.05) is 0 Å². The van der Waals surface area contributed by atoms with Crippen molar-refractivity contribution in [1.82, 2.24) is 9.78 Å². The Labute approximate surface area is 255 Å². The van der Waals surface area contributed by atoms with Gasteiger partial charge in [-0.3, -0.25) is 10.1 Å². The number of hydrogen-bond acceptors (Lipinski definition) is 7. The van der Waals surface area contributed by atoms with Gasteiger partial charge in [0.25, 0.3) is 5.91 Å². The molecule has 3 amide bonds. The number of carbonyl (C=O) groups excluding carboxylic acids is 3. The van der Waals surface area contributed by atoms with Crippen molar-refractivity contribution in [3.8, 4) is 5.69 Å². The smallest absolute Gasteiger partial charge is 0.435 e. The van der Waals surface area contributed by atoms with Gasteiger partial charge >= 0.3 is 18.4 Å². The van der Waals surface area contributed by atoms with Crippen molar-refractivity contribution < 1.29 is 42.1 Å². The van der Waals surface area contributed by atoms with E-state index in [1.165, 1.54) is 30.3 Å². The number of primary amides is 1. The minimum absolute atomic E-state index is 0.0967. The van der Waals surface area contributed by atoms with Crippen LogP contribution in [0, 0.1) is 0 Å². The Morgan fingerprint density at radius 2 is 1.67 bits per heavy atom. The standard InChI is InChI=1S/C31H30F3N5O6/c1-30(2,3)45-29(43)37-23-13-5-4-12-22(23)26(40)19-9-7-10-20(15-19)36-27(41)24-16-25(31(32,33)34)38-39(24)21-11-6-8-18(14-21)17-44-28(35)42/h4-16,26,40H,17H2,1-3H3,(H2,35,42)(H,36,41)(H,37,43). The molecular formula is C31H30F3N5O6. The van der Waals surface area contributed by atoms with E-state index >= 15 is 0 Å². The van der Waals surface area contributed by atoms with Crippen LogP contribution in [-0.4, -0.2) is 38.6 Å². The summed E-state index contributed by atoms with van der Waals surface area (Å²) >= 11 is 0. The van der Waals surface area contributed by atoms with Crippen LogP contribution in [-0.2, 0) is 22.3 Å². The maximum atomic E-state index is 13.6. The second-order valence-electron chi connectivity index (χ2n) is 10.8. The summed E-state index contributed by atoms with van der Waals surface area (Å²) < 4.78 is 51.8. The Balaban J connectivity index is 1.61. The van der Waals surface area contributed by atoms with Crippen LogP contribution in [0.2, 0.25) is 0 Å². The lowest BCUT2D eigenvalue weighted by Gasteiger charge is -2.21. The number of benzene rings is 3. The van der Waals surface area contributed by atoms with Crippen LogP contribution in [0.15, 0.2) is 78.9 Å². The third-order valence-corrected chi connectivity index (χ3v) is 6.12. The van der Waals surface area contributed by atoms with Crippen molar-refractivity contribution in [1.29, 1.82) is 0 Å². The zero-order valence-electron chi connectivity index (χ0n) is 24.4. The van der Waals surface area contributed by atoms with E-state index in [9.17, 15) is 32.7 Å². The van der Waals surface area contributed by atoms with Gasteiger partial charge in [-0.05, 0) is 62.2 Å². The number of rotatable bonds is 8. The van der Waals surface area contributed by atoms with Gasteiger partial charge in [-0.25, -0.2) is 14.3 Å². The van der Waals surface area contributed by atoms with E-state index < -0.39 is 47.4 Å². The van der Waals surface area contributed by atoms with Gasteiger partial charge in [-0.2, -0.15) is 18.3 Å². The van der Waals surface area contributed by atoms with E-state index in [0.717, 1.165) is 4.68 Å². The molecular weight excluding hydrogens is 595 g/mol. The molecule has 4 aromatic rings. The molecule has 4 rings (SSSR count). The van der Waals surface area contributed by atoms with Gasteiger partial charge in [0.2, 0.25) is 0 Å². The highest BCUT2D eigenvalue weighted by Crippen LogP contribution is 2.32. The summed E-state index contributed by atoms with van der Waals surface area (Å²) in [6.45, 7) is 4.89. The maximum Gasteiger partial charge on any atom is 0.435 e. The molecule has 0 aliphatic rings. The monoisotopic (exact) mass is 625 g/mol. The van der Waals surface area contributed by atoms with Crippen molar-refractivity contribution in [3.63, 3.8) is 0 Å². The third-order valence-electron chi connectivity index (χ3n) is 6.12. The molecule has 0 saturated carbocycles. The molecule has 1 aromatic heterocycles. The quantitative estimate of drug-likeness (QED) is 0.182. The number of nitrogens with zero attached hydrogens (tertiary/aromatic N) is 2. The van der Waals surface area contributed by atoms with Gasteiger partial charge in [-0.15, -0.1) is 0 Å². The molecule has 0 aliphatic heterocycles. The van der Waals surface area contributed by atoms with Gasteiger partial charge < -0.3 is 25.6 Å². The lowest BCUT2D eigenvalue weighted by Crippen LogP contribution is -2.27. The second-order valence-corrected chi connectivity index (χ2v) is 10.8. The summed E-state index contributed by atoms with van der Waals surface area (Å²) in [5.41, 5.74) is 4.11. The SMILES string of the molecule is CC(C)(C)OC(=O)Nc1ccccc1C(O)c1cccc(NC(=O)c2cc(C(F)(F)F)nn2-c2cccc(COC(N)=O)c2)c1. The third kappa shape index (κ3) is 8.60. The van der Waals surface area contributed by atoms with Crippen molar-refractivity contribution in [2.24, 2.45) is 5.73 Å². The summed E-state index contributed by atoms with van der Waals surface area (Å²) in [6, 6.07) is 19.1. The predicted molar refractivity (Wildman–Crippen MR) is 158 cm³/mol. The fourth-order valence-corrected chi connectivity index (χ4v) is 4.23. The molecule has 236 valence electrons. The Kier molecular flexibility index (Phi) is 9.47. The van der Waals surface area contributed by atoms with Crippen LogP contribution in [0.3, 0.4) is 0 Å². The average molecular weight is 626 g/mol. The molecule has 0 saturated heterocycles. The van der Waals surface area contributed by atoms with Crippen molar-refractivity contribution in [2.45, 2.75) is 45.3 Å². The number of alkyl halides is 3. The zero-order valence-corrected chi connectivity index (χ0v) is 24.4. The number of aromatic nitrogens is 2. The second kappa shape index (κ2) is 13.1. The van der Waals surface area contributed by atoms with Crippen LogP contribution >= 0.6 is 0 Å². The molecule has 3 aromatic carbocycles. The molecule has 11 nitrogen and oxygen atoms in total. The Morgan fingerprint density at radius 1 is 0.956 bits per heavy atom. The lowest BCUT2D eigenvalue weighted by atomic mass is 9.99. The number of aliphatic hydroxyl groups excluding tert-OH is 1. The van der Waals surface area contributed by atoms with E-state index in [2.05, 4.69) is 15.7 Å². The van der Waals surface area contributed by atoms with E-state index in [-0.39, 0.29) is 18.0 Å². The summed E-state index contributed by atoms with van der Waals surface area (Å²) in [4.78, 5) is 36.7. The van der Waals surface area contributed by atoms with Gasteiger partial charge in [0.1, 0.15) is 24.0 Å². The van der Waals surface area contributed by atoms with Crippen molar-refractivity contribution in [3.05, 3.63) is 107 Å². The first-order valence-corrected chi connectivity index (χ1v) is 13.5. The van der Waals surface area contributed by atoms with Gasteiger partial charge in [-0.1, -0.05) is 42.5 Å². The summed E-state index contributed by atoms with van der Waals surface area (Å²) in [7, 11) is 0. The van der Waals surface area contributed by atoms with Crippen molar-refractivity contribution in [2.75, 3.05) is 10.6 Å².